The second kappa shape index (κ2) is 15.8. The van der Waals surface area contributed by atoms with E-state index >= 15 is 0 Å². The number of urea groups is 1. The van der Waals surface area contributed by atoms with Gasteiger partial charge in [0.05, 0.1) is 37.5 Å². The summed E-state index contributed by atoms with van der Waals surface area (Å²) >= 11 is 0. The van der Waals surface area contributed by atoms with Crippen LogP contribution in [0.5, 0.6) is 11.5 Å². The van der Waals surface area contributed by atoms with Crippen LogP contribution in [-0.4, -0.2) is 87.9 Å². The number of carboxylic acids is 1. The van der Waals surface area contributed by atoms with Crippen molar-refractivity contribution in [1.82, 2.24) is 25.8 Å². The molecule has 0 unspecified atom stereocenters. The first-order valence-corrected chi connectivity index (χ1v) is 18.2. The van der Waals surface area contributed by atoms with Crippen molar-refractivity contribution in [3.05, 3.63) is 103 Å². The fourth-order valence-electron chi connectivity index (χ4n) is 7.07. The van der Waals surface area contributed by atoms with Gasteiger partial charge in [0.2, 0.25) is 11.8 Å². The van der Waals surface area contributed by atoms with Gasteiger partial charge < -0.3 is 40.5 Å². The summed E-state index contributed by atoms with van der Waals surface area (Å²) in [5.74, 6) is -1.78. The highest BCUT2D eigenvalue weighted by Crippen LogP contribution is 2.45. The molecule has 0 spiro atoms. The minimum Gasteiger partial charge on any atom is -0.497 e. The van der Waals surface area contributed by atoms with Gasteiger partial charge in [-0.2, -0.15) is 0 Å². The Morgan fingerprint density at radius 3 is 2.31 bits per heavy atom. The van der Waals surface area contributed by atoms with Gasteiger partial charge in [-0.1, -0.05) is 87.5 Å². The number of aliphatic hydroxyl groups excluding tert-OH is 1. The van der Waals surface area contributed by atoms with E-state index in [0.29, 0.717) is 33.7 Å². The number of ether oxygens (including phenoxy) is 2. The van der Waals surface area contributed by atoms with E-state index in [1.54, 1.807) is 64.3 Å². The molecule has 0 radical (unpaired) electrons. The Kier molecular flexibility index (Phi) is 11.1. The molecule has 1 aliphatic heterocycles. The Morgan fingerprint density at radius 2 is 1.71 bits per heavy atom. The molecule has 2 aliphatic rings. The van der Waals surface area contributed by atoms with E-state index in [4.69, 9.17) is 14.5 Å². The van der Waals surface area contributed by atoms with E-state index in [2.05, 4.69) is 22.5 Å². The lowest BCUT2D eigenvalue weighted by Crippen LogP contribution is -2.59. The average molecular weight is 750 g/mol. The van der Waals surface area contributed by atoms with Gasteiger partial charge in [0, 0.05) is 35.4 Å². The zero-order chi connectivity index (χ0) is 39.5. The molecule has 13 nitrogen and oxygen atoms in total. The highest BCUT2D eigenvalue weighted by atomic mass is 16.5. The molecule has 4 aromatic rings. The smallest absolute Gasteiger partial charge is 0.330 e. The number of nitrogens with one attached hydrogen (secondary N) is 3. The fourth-order valence-corrected chi connectivity index (χ4v) is 7.07. The van der Waals surface area contributed by atoms with Crippen LogP contribution in [-0.2, 0) is 14.4 Å². The molecule has 1 saturated heterocycles. The van der Waals surface area contributed by atoms with Crippen molar-refractivity contribution in [1.29, 1.82) is 0 Å². The molecule has 0 bridgehead atoms. The molecule has 1 saturated carbocycles. The highest BCUT2D eigenvalue weighted by molar-refractivity contribution is 5.96. The maximum atomic E-state index is 14.3. The number of rotatable bonds is 13. The van der Waals surface area contributed by atoms with E-state index in [1.807, 2.05) is 48.5 Å². The molecule has 2 heterocycles. The molecule has 2 fully saturated rings. The van der Waals surface area contributed by atoms with Crippen molar-refractivity contribution < 1.29 is 38.9 Å². The van der Waals surface area contributed by atoms with Crippen molar-refractivity contribution in [2.75, 3.05) is 20.3 Å². The molecule has 288 valence electrons. The maximum absolute atomic E-state index is 14.3. The number of aromatic nitrogens is 1. The van der Waals surface area contributed by atoms with Crippen LogP contribution in [0.1, 0.15) is 45.2 Å². The third-order valence-corrected chi connectivity index (χ3v) is 10.3. The number of hydrogen-bond acceptors (Lipinski definition) is 8. The fraction of sp³-hybridized carbons (Fsp3) is 0.357. The average Bonchev–Trinajstić information content (AvgIpc) is 3.74. The number of likely N-dealkylation sites (tertiary alicyclic amines) is 1. The Bertz CT molecular complexity index is 2070. The molecular weight excluding hydrogens is 702 g/mol. The number of carbonyl (C=O) groups excluding carboxylic acids is 3. The van der Waals surface area contributed by atoms with Gasteiger partial charge in [-0.15, -0.1) is 6.58 Å². The van der Waals surface area contributed by atoms with Crippen molar-refractivity contribution in [3.63, 3.8) is 0 Å². The van der Waals surface area contributed by atoms with Crippen LogP contribution in [0.3, 0.4) is 0 Å². The summed E-state index contributed by atoms with van der Waals surface area (Å²) in [4.78, 5) is 60.6. The number of carbonyl (C=O) groups is 4. The zero-order valence-corrected chi connectivity index (χ0v) is 31.3. The van der Waals surface area contributed by atoms with Gasteiger partial charge in [-0.25, -0.2) is 14.6 Å². The molecule has 55 heavy (non-hydrogen) atoms. The second-order valence-electron chi connectivity index (χ2n) is 15.1. The number of carboxylic acid groups (broad SMARTS) is 1. The van der Waals surface area contributed by atoms with Gasteiger partial charge in [-0.05, 0) is 29.5 Å². The molecule has 4 amide bonds. The van der Waals surface area contributed by atoms with Gasteiger partial charge in [0.1, 0.15) is 35.2 Å². The number of benzene rings is 3. The predicted molar refractivity (Wildman–Crippen MR) is 206 cm³/mol. The number of nitrogens with zero attached hydrogens (tertiary/aromatic N) is 2. The van der Waals surface area contributed by atoms with Crippen LogP contribution in [0, 0.1) is 11.3 Å². The summed E-state index contributed by atoms with van der Waals surface area (Å²) in [6.07, 6.45) is 0.980. The van der Waals surface area contributed by atoms with Gasteiger partial charge in [0.15, 0.2) is 0 Å². The topological polar surface area (TPSA) is 179 Å². The van der Waals surface area contributed by atoms with Crippen molar-refractivity contribution in [2.24, 2.45) is 11.3 Å². The Balaban J connectivity index is 1.30. The first-order valence-electron chi connectivity index (χ1n) is 18.2. The predicted octanol–water partition coefficient (Wildman–Crippen LogP) is 4.85. The molecule has 5 N–H and O–H groups in total. The summed E-state index contributed by atoms with van der Waals surface area (Å²) in [5.41, 5.74) is 0.464. The second-order valence-corrected chi connectivity index (χ2v) is 15.1. The largest absolute Gasteiger partial charge is 0.497 e. The van der Waals surface area contributed by atoms with Crippen LogP contribution in [0.15, 0.2) is 97.6 Å². The van der Waals surface area contributed by atoms with Crippen LogP contribution in [0.4, 0.5) is 4.79 Å². The van der Waals surface area contributed by atoms with Gasteiger partial charge in [0.25, 0.3) is 0 Å². The van der Waals surface area contributed by atoms with Crippen LogP contribution < -0.4 is 25.4 Å². The lowest BCUT2D eigenvalue weighted by molar-refractivity contribution is -0.144. The Hall–Kier alpha value is -5.95. The normalized spacial score (nSPS) is 21.5. The Labute approximate surface area is 319 Å². The molecule has 6 atom stereocenters. The van der Waals surface area contributed by atoms with E-state index < -0.39 is 64.9 Å². The molecule has 1 aromatic heterocycles. The summed E-state index contributed by atoms with van der Waals surface area (Å²) in [7, 11) is 1.57. The van der Waals surface area contributed by atoms with E-state index in [9.17, 15) is 29.4 Å². The lowest BCUT2D eigenvalue weighted by Gasteiger charge is -2.34. The number of methoxy groups -OCH3 is 1. The summed E-state index contributed by atoms with van der Waals surface area (Å²) in [6, 6.07) is 22.1. The molecular formula is C42H47N5O8. The van der Waals surface area contributed by atoms with Crippen molar-refractivity contribution in [2.45, 2.75) is 63.4 Å². The van der Waals surface area contributed by atoms with Gasteiger partial charge >= 0.3 is 12.0 Å². The number of aliphatic hydroxyl groups is 1. The summed E-state index contributed by atoms with van der Waals surface area (Å²) in [6.45, 7) is 8.67. The van der Waals surface area contributed by atoms with Crippen LogP contribution in [0.25, 0.3) is 22.2 Å². The monoisotopic (exact) mass is 749 g/mol. The molecule has 1 aliphatic carbocycles. The first-order chi connectivity index (χ1) is 26.3. The van der Waals surface area contributed by atoms with Crippen LogP contribution in [0.2, 0.25) is 0 Å². The van der Waals surface area contributed by atoms with Crippen molar-refractivity contribution >= 4 is 34.7 Å². The molecule has 13 heteroatoms. The number of aliphatic carboxylic acids is 1. The quantitative estimate of drug-likeness (QED) is 0.120. The zero-order valence-electron chi connectivity index (χ0n) is 31.3. The van der Waals surface area contributed by atoms with E-state index in [0.717, 1.165) is 5.56 Å². The third-order valence-electron chi connectivity index (χ3n) is 10.3. The standard InChI is InChI=1S/C42H47N5O8/c1-6-27-22-42(27,39(51)52)46-37(49)34-20-29(55-35-21-31(25-13-9-7-10-14-25)43-32-19-28(54-5)17-18-30(32)35)23-47(34)40(53)45-36(41(2,3)4)38(50)44-33(24-48)26-15-11-8-12-16-26/h6-19,21,27,29,33-34,36,48H,1,20,22-24H2,2-5H3,(H,44,50)(H,45,53)(H,46,49)(H,51,52)/t27-,29-,33+,34+,36-,42-/m1/s1. The van der Waals surface area contributed by atoms with E-state index in [-0.39, 0.29) is 26.0 Å². The van der Waals surface area contributed by atoms with Crippen LogP contribution >= 0.6 is 0 Å². The minimum atomic E-state index is -1.53. The number of hydrogen-bond donors (Lipinski definition) is 5. The third kappa shape index (κ3) is 8.26. The maximum Gasteiger partial charge on any atom is 0.330 e. The molecule has 3 aromatic carbocycles. The minimum absolute atomic E-state index is 0.0291. The first kappa shape index (κ1) is 38.8. The number of fused-ring (bicyclic) bond motifs is 1. The SMILES string of the molecule is C=C[C@@H]1C[C@]1(NC(=O)[C@@H]1C[C@@H](Oc2cc(-c3ccccc3)nc3cc(OC)ccc23)CN1C(=O)N[C@H](C(=O)N[C@@H](CO)c1ccccc1)C(C)(C)C)C(=O)O. The highest BCUT2D eigenvalue weighted by Gasteiger charge is 2.61. The lowest BCUT2D eigenvalue weighted by atomic mass is 9.86. The number of amides is 4. The van der Waals surface area contributed by atoms with Gasteiger partial charge in [-0.3, -0.25) is 9.59 Å². The van der Waals surface area contributed by atoms with E-state index in [1.165, 1.54) is 11.0 Å². The van der Waals surface area contributed by atoms with Crippen molar-refractivity contribution in [3.8, 4) is 22.8 Å². The molecule has 6 rings (SSSR count). The number of pyridine rings is 1. The summed E-state index contributed by atoms with van der Waals surface area (Å²) in [5, 5.41) is 29.3. The summed E-state index contributed by atoms with van der Waals surface area (Å²) < 4.78 is 12.1. The Morgan fingerprint density at radius 1 is 1.02 bits per heavy atom.